The number of oxazole rings is 1. The molecule has 0 atom stereocenters. The van der Waals surface area contributed by atoms with Gasteiger partial charge in [-0.05, 0) is 48.4 Å². The molecule has 0 unspecified atom stereocenters. The van der Waals surface area contributed by atoms with Crippen molar-refractivity contribution in [2.75, 3.05) is 11.9 Å². The van der Waals surface area contributed by atoms with Gasteiger partial charge in [-0.2, -0.15) is 10.2 Å². The zero-order valence-corrected chi connectivity index (χ0v) is 14.8. The number of nitriles is 1. The maximum absolute atomic E-state index is 13.0. The number of halogens is 1. The van der Waals surface area contributed by atoms with Gasteiger partial charge < -0.3 is 14.5 Å². The third-order valence-electron chi connectivity index (χ3n) is 3.73. The summed E-state index contributed by atoms with van der Waals surface area (Å²) in [6, 6.07) is 15.7. The second kappa shape index (κ2) is 8.68. The van der Waals surface area contributed by atoms with Crippen LogP contribution in [0.15, 0.2) is 52.9 Å². The van der Waals surface area contributed by atoms with E-state index in [-0.39, 0.29) is 17.4 Å². The summed E-state index contributed by atoms with van der Waals surface area (Å²) >= 11 is 0. The Morgan fingerprint density at radius 1 is 1.15 bits per heavy atom. The standard InChI is InChI=1S/C21H18FN3O2/c1-2-26-18-10-5-15(6-11-18)7-12-20-25-19(13-23)21(27-20)24-14-16-3-8-17(22)9-4-16/h3-12,24H,2,14H2,1H3. The lowest BCUT2D eigenvalue weighted by molar-refractivity contribution is 0.340. The molecule has 1 aromatic heterocycles. The maximum atomic E-state index is 13.0. The van der Waals surface area contributed by atoms with E-state index in [4.69, 9.17) is 9.15 Å². The van der Waals surface area contributed by atoms with E-state index in [0.717, 1.165) is 16.9 Å². The highest BCUT2D eigenvalue weighted by atomic mass is 19.1. The van der Waals surface area contributed by atoms with E-state index in [1.54, 1.807) is 18.2 Å². The van der Waals surface area contributed by atoms with Crippen molar-refractivity contribution in [1.82, 2.24) is 4.98 Å². The molecule has 136 valence electrons. The highest BCUT2D eigenvalue weighted by Gasteiger charge is 2.11. The summed E-state index contributed by atoms with van der Waals surface area (Å²) in [5.74, 6) is 1.12. The second-order valence-corrected chi connectivity index (χ2v) is 5.66. The molecule has 0 bridgehead atoms. The van der Waals surface area contributed by atoms with Crippen LogP contribution < -0.4 is 10.1 Å². The summed E-state index contributed by atoms with van der Waals surface area (Å²) in [6.45, 7) is 2.95. The Morgan fingerprint density at radius 3 is 2.56 bits per heavy atom. The van der Waals surface area contributed by atoms with Gasteiger partial charge in [0, 0.05) is 12.6 Å². The van der Waals surface area contributed by atoms with Crippen LogP contribution in [-0.2, 0) is 6.54 Å². The minimum Gasteiger partial charge on any atom is -0.494 e. The third kappa shape index (κ3) is 4.95. The van der Waals surface area contributed by atoms with Crippen LogP contribution in [0, 0.1) is 17.1 Å². The van der Waals surface area contributed by atoms with Crippen LogP contribution in [0.1, 0.15) is 29.6 Å². The molecule has 0 spiro atoms. The Morgan fingerprint density at radius 2 is 1.89 bits per heavy atom. The lowest BCUT2D eigenvalue weighted by atomic mass is 10.2. The number of nitrogens with one attached hydrogen (secondary N) is 1. The Balaban J connectivity index is 1.68. The number of rotatable bonds is 7. The highest BCUT2D eigenvalue weighted by Crippen LogP contribution is 2.20. The van der Waals surface area contributed by atoms with E-state index < -0.39 is 0 Å². The van der Waals surface area contributed by atoms with Gasteiger partial charge in [0.2, 0.25) is 17.5 Å². The van der Waals surface area contributed by atoms with Crippen molar-refractivity contribution in [3.63, 3.8) is 0 Å². The molecule has 0 aliphatic heterocycles. The first-order valence-corrected chi connectivity index (χ1v) is 8.48. The van der Waals surface area contributed by atoms with Crippen molar-refractivity contribution < 1.29 is 13.5 Å². The van der Waals surface area contributed by atoms with Gasteiger partial charge in [-0.3, -0.25) is 0 Å². The molecule has 0 radical (unpaired) electrons. The molecule has 0 amide bonds. The molecule has 0 aliphatic rings. The number of benzene rings is 2. The lowest BCUT2D eigenvalue weighted by Crippen LogP contribution is -1.99. The van der Waals surface area contributed by atoms with E-state index in [1.165, 1.54) is 12.1 Å². The van der Waals surface area contributed by atoms with E-state index in [1.807, 2.05) is 43.3 Å². The van der Waals surface area contributed by atoms with Crippen molar-refractivity contribution in [3.05, 3.63) is 77.1 Å². The van der Waals surface area contributed by atoms with Crippen molar-refractivity contribution in [2.45, 2.75) is 13.5 Å². The lowest BCUT2D eigenvalue weighted by Gasteiger charge is -2.02. The van der Waals surface area contributed by atoms with Gasteiger partial charge in [-0.1, -0.05) is 24.3 Å². The van der Waals surface area contributed by atoms with E-state index in [0.29, 0.717) is 19.0 Å². The zero-order valence-electron chi connectivity index (χ0n) is 14.8. The highest BCUT2D eigenvalue weighted by molar-refractivity contribution is 5.67. The van der Waals surface area contributed by atoms with Gasteiger partial charge in [-0.15, -0.1) is 0 Å². The predicted molar refractivity (Wildman–Crippen MR) is 101 cm³/mol. The van der Waals surface area contributed by atoms with E-state index in [2.05, 4.69) is 10.3 Å². The molecule has 3 aromatic rings. The fourth-order valence-corrected chi connectivity index (χ4v) is 2.40. The average molecular weight is 363 g/mol. The van der Waals surface area contributed by atoms with Gasteiger partial charge in [0.05, 0.1) is 6.61 Å². The average Bonchev–Trinajstić information content (AvgIpc) is 3.09. The number of ether oxygens (including phenoxy) is 1. The first kappa shape index (κ1) is 18.2. The van der Waals surface area contributed by atoms with Crippen LogP contribution in [0.25, 0.3) is 12.2 Å². The molecule has 27 heavy (non-hydrogen) atoms. The number of hydrogen-bond acceptors (Lipinski definition) is 5. The third-order valence-corrected chi connectivity index (χ3v) is 3.73. The van der Waals surface area contributed by atoms with Gasteiger partial charge >= 0.3 is 0 Å². The molecule has 0 aliphatic carbocycles. The molecule has 2 aromatic carbocycles. The molecular formula is C21H18FN3O2. The first-order valence-electron chi connectivity index (χ1n) is 8.48. The summed E-state index contributed by atoms with van der Waals surface area (Å²) in [5, 5.41) is 12.2. The van der Waals surface area contributed by atoms with E-state index >= 15 is 0 Å². The summed E-state index contributed by atoms with van der Waals surface area (Å²) in [4.78, 5) is 4.16. The molecule has 1 heterocycles. The van der Waals surface area contributed by atoms with Crippen molar-refractivity contribution >= 4 is 18.0 Å². The van der Waals surface area contributed by atoms with Crippen molar-refractivity contribution in [3.8, 4) is 11.8 Å². The molecular weight excluding hydrogens is 345 g/mol. The molecule has 0 fully saturated rings. The minimum atomic E-state index is -0.294. The van der Waals surface area contributed by atoms with Crippen LogP contribution in [-0.4, -0.2) is 11.6 Å². The van der Waals surface area contributed by atoms with Crippen LogP contribution in [0.4, 0.5) is 10.3 Å². The fourth-order valence-electron chi connectivity index (χ4n) is 2.40. The Bertz CT molecular complexity index is 955. The van der Waals surface area contributed by atoms with Gasteiger partial charge in [0.25, 0.3) is 0 Å². The van der Waals surface area contributed by atoms with E-state index in [9.17, 15) is 9.65 Å². The number of anilines is 1. The Labute approximate surface area is 156 Å². The van der Waals surface area contributed by atoms with Crippen molar-refractivity contribution in [1.29, 1.82) is 5.26 Å². The first-order chi connectivity index (χ1) is 13.2. The maximum Gasteiger partial charge on any atom is 0.232 e. The molecule has 1 N–H and O–H groups in total. The Kier molecular flexibility index (Phi) is 5.85. The van der Waals surface area contributed by atoms with Crippen LogP contribution in [0.2, 0.25) is 0 Å². The topological polar surface area (TPSA) is 71.1 Å². The zero-order chi connectivity index (χ0) is 19.1. The van der Waals surface area contributed by atoms with Crippen LogP contribution in [0.5, 0.6) is 5.75 Å². The van der Waals surface area contributed by atoms with Crippen LogP contribution in [0.3, 0.4) is 0 Å². The smallest absolute Gasteiger partial charge is 0.232 e. The second-order valence-electron chi connectivity index (χ2n) is 5.66. The number of aromatic nitrogens is 1. The van der Waals surface area contributed by atoms with Gasteiger partial charge in [0.1, 0.15) is 17.6 Å². The molecule has 5 nitrogen and oxygen atoms in total. The largest absolute Gasteiger partial charge is 0.494 e. The molecule has 3 rings (SSSR count). The predicted octanol–water partition coefficient (Wildman–Crippen LogP) is 4.87. The summed E-state index contributed by atoms with van der Waals surface area (Å²) < 4.78 is 24.0. The number of nitrogens with zero attached hydrogens (tertiary/aromatic N) is 2. The SMILES string of the molecule is CCOc1ccc(C=Cc2nc(C#N)c(NCc3ccc(F)cc3)o2)cc1. The molecule has 6 heteroatoms. The summed E-state index contributed by atoms with van der Waals surface area (Å²) in [7, 11) is 0. The van der Waals surface area contributed by atoms with Crippen molar-refractivity contribution in [2.24, 2.45) is 0 Å². The summed E-state index contributed by atoms with van der Waals surface area (Å²) in [6.07, 6.45) is 3.53. The molecule has 0 saturated heterocycles. The van der Waals surface area contributed by atoms with Gasteiger partial charge in [-0.25, -0.2) is 4.39 Å². The Hall–Kier alpha value is -3.59. The quantitative estimate of drug-likeness (QED) is 0.649. The molecule has 0 saturated carbocycles. The number of hydrogen-bond donors (Lipinski definition) is 1. The summed E-state index contributed by atoms with van der Waals surface area (Å²) in [5.41, 5.74) is 1.99. The monoisotopic (exact) mass is 363 g/mol. The van der Waals surface area contributed by atoms with Gasteiger partial charge in [0.15, 0.2) is 0 Å². The minimum absolute atomic E-state index is 0.170. The normalized spacial score (nSPS) is 10.7. The van der Waals surface area contributed by atoms with Crippen LogP contribution >= 0.6 is 0 Å². The fraction of sp³-hybridized carbons (Fsp3) is 0.143.